The topological polar surface area (TPSA) is 66.7 Å². The van der Waals surface area contributed by atoms with Crippen LogP contribution in [0.15, 0.2) is 47.8 Å². The number of nitrogens with one attached hydrogen (secondary N) is 1. The summed E-state index contributed by atoms with van der Waals surface area (Å²) in [5.41, 5.74) is 4.50. The number of hydrazone groups is 1. The summed E-state index contributed by atoms with van der Waals surface area (Å²) < 4.78 is 5.25. The summed E-state index contributed by atoms with van der Waals surface area (Å²) in [6.07, 6.45) is 4.98. The maximum Gasteiger partial charge on any atom is 0.160 e. The number of nitrogens with zero attached hydrogens (tertiary/aromatic N) is 2. The van der Waals surface area contributed by atoms with Crippen LogP contribution in [-0.2, 0) is 0 Å². The Morgan fingerprint density at radius 2 is 2.11 bits per heavy atom. The molecule has 0 bridgehead atoms. The molecular weight excluding hydrogens is 242 g/mol. The number of rotatable bonds is 5. The van der Waals surface area contributed by atoms with Crippen molar-refractivity contribution in [2.24, 2.45) is 5.10 Å². The molecule has 5 nitrogen and oxygen atoms in total. The van der Waals surface area contributed by atoms with E-state index in [2.05, 4.69) is 15.5 Å². The quantitative estimate of drug-likeness (QED) is 0.638. The van der Waals surface area contributed by atoms with Gasteiger partial charge in [-0.2, -0.15) is 5.10 Å². The fourth-order valence-corrected chi connectivity index (χ4v) is 1.50. The molecule has 2 rings (SSSR count). The van der Waals surface area contributed by atoms with Gasteiger partial charge in [-0.05, 0) is 42.8 Å². The van der Waals surface area contributed by atoms with Crippen molar-refractivity contribution >= 4 is 11.9 Å². The van der Waals surface area contributed by atoms with Gasteiger partial charge >= 0.3 is 0 Å². The standard InChI is InChI=1S/C14H15N3O2/c1-2-19-14-4-3-11(9-13(14)18)10-16-17-12-5-7-15-8-6-12/h3-10,18H,2H2,1H3,(H,15,17)/b16-10-. The van der Waals surface area contributed by atoms with Crippen molar-refractivity contribution in [1.29, 1.82) is 0 Å². The third-order valence-electron chi connectivity index (χ3n) is 2.37. The predicted molar refractivity (Wildman–Crippen MR) is 74.7 cm³/mol. The van der Waals surface area contributed by atoms with E-state index in [0.29, 0.717) is 12.4 Å². The van der Waals surface area contributed by atoms with Crippen molar-refractivity contribution < 1.29 is 9.84 Å². The van der Waals surface area contributed by atoms with Gasteiger partial charge in [0.1, 0.15) is 0 Å². The molecule has 1 heterocycles. The number of ether oxygens (including phenoxy) is 1. The molecule has 2 N–H and O–H groups in total. The van der Waals surface area contributed by atoms with E-state index < -0.39 is 0 Å². The molecule has 0 aliphatic heterocycles. The van der Waals surface area contributed by atoms with E-state index in [9.17, 15) is 5.11 Å². The van der Waals surface area contributed by atoms with E-state index in [0.717, 1.165) is 11.3 Å². The van der Waals surface area contributed by atoms with Gasteiger partial charge in [-0.25, -0.2) is 0 Å². The molecule has 2 aromatic rings. The van der Waals surface area contributed by atoms with E-state index in [1.54, 1.807) is 30.7 Å². The Labute approximate surface area is 111 Å². The summed E-state index contributed by atoms with van der Waals surface area (Å²) in [6, 6.07) is 8.76. The van der Waals surface area contributed by atoms with Crippen LogP contribution in [0.5, 0.6) is 11.5 Å². The average Bonchev–Trinajstić information content (AvgIpc) is 2.43. The Hall–Kier alpha value is -2.56. The smallest absolute Gasteiger partial charge is 0.160 e. The zero-order chi connectivity index (χ0) is 13.5. The zero-order valence-electron chi connectivity index (χ0n) is 10.6. The number of pyridine rings is 1. The number of hydrogen-bond donors (Lipinski definition) is 2. The van der Waals surface area contributed by atoms with Crippen LogP contribution in [0.2, 0.25) is 0 Å². The fourth-order valence-electron chi connectivity index (χ4n) is 1.50. The van der Waals surface area contributed by atoms with Crippen LogP contribution < -0.4 is 10.2 Å². The van der Waals surface area contributed by atoms with Crippen LogP contribution in [-0.4, -0.2) is 22.9 Å². The molecule has 0 aliphatic carbocycles. The summed E-state index contributed by atoms with van der Waals surface area (Å²) in [5, 5.41) is 13.8. The normalized spacial score (nSPS) is 10.6. The first-order chi connectivity index (χ1) is 9.29. The van der Waals surface area contributed by atoms with Crippen LogP contribution in [0.4, 0.5) is 5.69 Å². The Morgan fingerprint density at radius 1 is 1.32 bits per heavy atom. The highest BCUT2D eigenvalue weighted by Crippen LogP contribution is 2.26. The third kappa shape index (κ3) is 3.70. The first-order valence-corrected chi connectivity index (χ1v) is 5.94. The van der Waals surface area contributed by atoms with Crippen molar-refractivity contribution in [2.45, 2.75) is 6.92 Å². The van der Waals surface area contributed by atoms with Crippen LogP contribution in [0, 0.1) is 0 Å². The maximum atomic E-state index is 9.72. The van der Waals surface area contributed by atoms with E-state index >= 15 is 0 Å². The van der Waals surface area contributed by atoms with Crippen molar-refractivity contribution in [2.75, 3.05) is 12.0 Å². The lowest BCUT2D eigenvalue weighted by Crippen LogP contribution is -1.93. The molecule has 0 fully saturated rings. The number of benzene rings is 1. The largest absolute Gasteiger partial charge is 0.504 e. The lowest BCUT2D eigenvalue weighted by Gasteiger charge is -2.05. The Bertz CT molecular complexity index is 556. The Balaban J connectivity index is 2.01. The van der Waals surface area contributed by atoms with Gasteiger partial charge in [-0.15, -0.1) is 0 Å². The van der Waals surface area contributed by atoms with Crippen molar-refractivity contribution in [3.8, 4) is 11.5 Å². The predicted octanol–water partition coefficient (Wildman–Crippen LogP) is 2.63. The summed E-state index contributed by atoms with van der Waals surface area (Å²) in [5.74, 6) is 0.580. The monoisotopic (exact) mass is 257 g/mol. The zero-order valence-corrected chi connectivity index (χ0v) is 10.6. The van der Waals surface area contributed by atoms with Gasteiger partial charge in [0.2, 0.25) is 0 Å². The Kier molecular flexibility index (Phi) is 4.34. The first-order valence-electron chi connectivity index (χ1n) is 5.94. The molecule has 0 radical (unpaired) electrons. The van der Waals surface area contributed by atoms with Crippen LogP contribution in [0.3, 0.4) is 0 Å². The second-order valence-corrected chi connectivity index (χ2v) is 3.77. The van der Waals surface area contributed by atoms with E-state index in [-0.39, 0.29) is 5.75 Å². The van der Waals surface area contributed by atoms with Crippen molar-refractivity contribution in [3.63, 3.8) is 0 Å². The minimum absolute atomic E-state index is 0.106. The summed E-state index contributed by atoms with van der Waals surface area (Å²) >= 11 is 0. The highest BCUT2D eigenvalue weighted by molar-refractivity contribution is 5.81. The lowest BCUT2D eigenvalue weighted by molar-refractivity contribution is 0.318. The van der Waals surface area contributed by atoms with Crippen LogP contribution >= 0.6 is 0 Å². The lowest BCUT2D eigenvalue weighted by atomic mass is 10.2. The van der Waals surface area contributed by atoms with Gasteiger partial charge in [0.05, 0.1) is 18.5 Å². The minimum Gasteiger partial charge on any atom is -0.504 e. The molecule has 0 atom stereocenters. The van der Waals surface area contributed by atoms with E-state index in [4.69, 9.17) is 4.74 Å². The molecular formula is C14H15N3O2. The maximum absolute atomic E-state index is 9.72. The van der Waals surface area contributed by atoms with Gasteiger partial charge in [-0.3, -0.25) is 10.4 Å². The average molecular weight is 257 g/mol. The van der Waals surface area contributed by atoms with Crippen LogP contribution in [0.1, 0.15) is 12.5 Å². The molecule has 1 aromatic carbocycles. The molecule has 1 aromatic heterocycles. The van der Waals surface area contributed by atoms with Gasteiger partial charge in [-0.1, -0.05) is 0 Å². The first kappa shape index (κ1) is 12.9. The van der Waals surface area contributed by atoms with E-state index in [1.807, 2.05) is 25.1 Å². The van der Waals surface area contributed by atoms with Gasteiger partial charge in [0, 0.05) is 12.4 Å². The van der Waals surface area contributed by atoms with Crippen molar-refractivity contribution in [1.82, 2.24) is 4.98 Å². The molecule has 0 spiro atoms. The number of anilines is 1. The highest BCUT2D eigenvalue weighted by Gasteiger charge is 2.01. The van der Waals surface area contributed by atoms with Gasteiger partial charge in [0.15, 0.2) is 11.5 Å². The minimum atomic E-state index is 0.106. The number of phenols is 1. The third-order valence-corrected chi connectivity index (χ3v) is 2.37. The number of hydrogen-bond acceptors (Lipinski definition) is 5. The summed E-state index contributed by atoms with van der Waals surface area (Å²) in [4.78, 5) is 3.91. The molecule has 0 saturated heterocycles. The fraction of sp³-hybridized carbons (Fsp3) is 0.143. The SMILES string of the molecule is CCOc1ccc(/C=N\Nc2ccncc2)cc1O. The molecule has 0 unspecified atom stereocenters. The second-order valence-electron chi connectivity index (χ2n) is 3.77. The highest BCUT2D eigenvalue weighted by atomic mass is 16.5. The molecule has 0 saturated carbocycles. The molecule has 19 heavy (non-hydrogen) atoms. The van der Waals surface area contributed by atoms with Gasteiger partial charge < -0.3 is 9.84 Å². The summed E-state index contributed by atoms with van der Waals surface area (Å²) in [7, 11) is 0. The second kappa shape index (κ2) is 6.39. The van der Waals surface area contributed by atoms with Crippen LogP contribution in [0.25, 0.3) is 0 Å². The van der Waals surface area contributed by atoms with E-state index in [1.165, 1.54) is 0 Å². The Morgan fingerprint density at radius 3 is 2.79 bits per heavy atom. The van der Waals surface area contributed by atoms with Crippen molar-refractivity contribution in [3.05, 3.63) is 48.3 Å². The molecule has 98 valence electrons. The molecule has 0 amide bonds. The summed E-state index contributed by atoms with van der Waals surface area (Å²) in [6.45, 7) is 2.39. The number of phenolic OH excluding ortho intramolecular Hbond substituents is 1. The number of aromatic nitrogens is 1. The van der Waals surface area contributed by atoms with Gasteiger partial charge in [0.25, 0.3) is 0 Å². The molecule has 0 aliphatic rings. The molecule has 5 heteroatoms. The number of aromatic hydroxyl groups is 1.